The average Bonchev–Trinajstić information content (AvgIpc) is 2.76. The van der Waals surface area contributed by atoms with Crippen molar-refractivity contribution in [3.63, 3.8) is 0 Å². The van der Waals surface area contributed by atoms with Crippen LogP contribution in [0.1, 0.15) is 19.6 Å². The number of aliphatic carboxylic acids is 1. The van der Waals surface area contributed by atoms with Gasteiger partial charge in [0.05, 0.1) is 12.8 Å². The number of amides is 1. The molecule has 0 unspecified atom stereocenters. The van der Waals surface area contributed by atoms with Crippen molar-refractivity contribution in [1.82, 2.24) is 5.32 Å². The molecule has 0 spiro atoms. The van der Waals surface area contributed by atoms with Crippen molar-refractivity contribution in [3.05, 3.63) is 35.3 Å². The van der Waals surface area contributed by atoms with Gasteiger partial charge in [-0.1, -0.05) is 0 Å². The molecular weight excluding hydrogens is 210 g/mol. The third kappa shape index (κ3) is 2.98. The molecule has 0 aliphatic heterocycles. The fourth-order valence-corrected chi connectivity index (χ4v) is 1.04. The normalized spacial score (nSPS) is 11.9. The second kappa shape index (κ2) is 5.16. The Morgan fingerprint density at radius 3 is 2.56 bits per heavy atom. The van der Waals surface area contributed by atoms with E-state index in [0.717, 1.165) is 0 Å². The molecule has 1 amide bonds. The van der Waals surface area contributed by atoms with Crippen LogP contribution in [0.5, 0.6) is 0 Å². The van der Waals surface area contributed by atoms with Crippen LogP contribution in [0, 0.1) is 0 Å². The number of furan rings is 1. The van der Waals surface area contributed by atoms with Gasteiger partial charge in [-0.25, -0.2) is 4.79 Å². The zero-order valence-electron chi connectivity index (χ0n) is 9.11. The van der Waals surface area contributed by atoms with Gasteiger partial charge in [0.25, 0.3) is 0 Å². The molecule has 2 N–H and O–H groups in total. The average molecular weight is 223 g/mol. The van der Waals surface area contributed by atoms with Crippen LogP contribution in [-0.4, -0.2) is 17.0 Å². The molecule has 1 heterocycles. The summed E-state index contributed by atoms with van der Waals surface area (Å²) >= 11 is 0. The van der Waals surface area contributed by atoms with E-state index in [9.17, 15) is 9.59 Å². The first kappa shape index (κ1) is 12.0. The molecule has 0 saturated heterocycles. The molecule has 5 nitrogen and oxygen atoms in total. The number of carboxylic acids is 1. The summed E-state index contributed by atoms with van der Waals surface area (Å²) in [5.74, 6) is -0.879. The first-order valence-corrected chi connectivity index (χ1v) is 4.73. The minimum atomic E-state index is -1.09. The predicted octanol–water partition coefficient (Wildman–Crippen LogP) is 1.32. The molecule has 0 radical (unpaired) electrons. The Morgan fingerprint density at radius 2 is 2.06 bits per heavy atom. The van der Waals surface area contributed by atoms with Crippen molar-refractivity contribution in [2.45, 2.75) is 20.4 Å². The molecule has 0 aliphatic rings. The first-order valence-electron chi connectivity index (χ1n) is 4.73. The molecule has 16 heavy (non-hydrogen) atoms. The van der Waals surface area contributed by atoms with E-state index in [0.29, 0.717) is 5.76 Å². The van der Waals surface area contributed by atoms with E-state index < -0.39 is 11.9 Å². The van der Waals surface area contributed by atoms with Gasteiger partial charge in [0.1, 0.15) is 5.76 Å². The van der Waals surface area contributed by atoms with Crippen LogP contribution in [0.25, 0.3) is 0 Å². The summed E-state index contributed by atoms with van der Waals surface area (Å²) in [7, 11) is 0. The Morgan fingerprint density at radius 1 is 1.38 bits per heavy atom. The maximum absolute atomic E-state index is 11.5. The van der Waals surface area contributed by atoms with Gasteiger partial charge in [-0.2, -0.15) is 0 Å². The van der Waals surface area contributed by atoms with E-state index in [1.54, 1.807) is 12.1 Å². The number of carbonyl (C=O) groups is 2. The quantitative estimate of drug-likeness (QED) is 0.754. The molecule has 0 saturated carbocycles. The van der Waals surface area contributed by atoms with Gasteiger partial charge in [-0.15, -0.1) is 0 Å². The highest BCUT2D eigenvalue weighted by atomic mass is 16.4. The van der Waals surface area contributed by atoms with Gasteiger partial charge in [-0.05, 0) is 26.0 Å². The zero-order chi connectivity index (χ0) is 12.1. The Labute approximate surface area is 92.8 Å². The summed E-state index contributed by atoms with van der Waals surface area (Å²) in [5.41, 5.74) is 0.232. The van der Waals surface area contributed by atoms with Gasteiger partial charge in [0.15, 0.2) is 0 Å². The number of nitrogens with one attached hydrogen (secondary N) is 1. The zero-order valence-corrected chi connectivity index (χ0v) is 9.11. The first-order chi connectivity index (χ1) is 7.52. The van der Waals surface area contributed by atoms with E-state index in [1.165, 1.54) is 20.1 Å². The van der Waals surface area contributed by atoms with Crippen LogP contribution in [0.4, 0.5) is 0 Å². The summed E-state index contributed by atoms with van der Waals surface area (Å²) in [6.07, 6.45) is 1.51. The molecule has 0 atom stereocenters. The lowest BCUT2D eigenvalue weighted by Gasteiger charge is -2.05. The monoisotopic (exact) mass is 223 g/mol. The molecule has 0 fully saturated rings. The molecule has 5 heteroatoms. The van der Waals surface area contributed by atoms with Gasteiger partial charge in [-0.3, -0.25) is 4.79 Å². The maximum atomic E-state index is 11.5. The van der Waals surface area contributed by atoms with Crippen LogP contribution in [-0.2, 0) is 16.1 Å². The molecule has 0 aliphatic carbocycles. The van der Waals surface area contributed by atoms with E-state index in [1.807, 2.05) is 0 Å². The number of carbonyl (C=O) groups excluding carboxylic acids is 1. The number of carboxylic acid groups (broad SMARTS) is 1. The van der Waals surface area contributed by atoms with Crippen LogP contribution in [0.3, 0.4) is 0 Å². The number of hydrogen-bond donors (Lipinski definition) is 2. The Balaban J connectivity index is 2.59. The van der Waals surface area contributed by atoms with Gasteiger partial charge in [0, 0.05) is 11.1 Å². The summed E-state index contributed by atoms with van der Waals surface area (Å²) in [6.45, 7) is 3.11. The van der Waals surface area contributed by atoms with E-state index >= 15 is 0 Å². The lowest BCUT2D eigenvalue weighted by Crippen LogP contribution is -2.24. The fourth-order valence-electron chi connectivity index (χ4n) is 1.04. The highest BCUT2D eigenvalue weighted by molar-refractivity contribution is 6.01. The number of rotatable bonds is 4. The lowest BCUT2D eigenvalue weighted by atomic mass is 10.1. The summed E-state index contributed by atoms with van der Waals surface area (Å²) in [5, 5.41) is 11.3. The fraction of sp³-hybridized carbons (Fsp3) is 0.273. The van der Waals surface area contributed by atoms with Crippen molar-refractivity contribution in [2.75, 3.05) is 0 Å². The predicted molar refractivity (Wildman–Crippen MR) is 56.6 cm³/mol. The van der Waals surface area contributed by atoms with Crippen LogP contribution in [0.15, 0.2) is 34.0 Å². The topological polar surface area (TPSA) is 79.5 Å². The van der Waals surface area contributed by atoms with Crippen LogP contribution >= 0.6 is 0 Å². The molecule has 86 valence electrons. The van der Waals surface area contributed by atoms with Crippen molar-refractivity contribution >= 4 is 11.9 Å². The van der Waals surface area contributed by atoms with E-state index in [2.05, 4.69) is 5.32 Å². The summed E-state index contributed by atoms with van der Waals surface area (Å²) in [6, 6.07) is 3.44. The minimum Gasteiger partial charge on any atom is -0.478 e. The van der Waals surface area contributed by atoms with Crippen molar-refractivity contribution < 1.29 is 19.1 Å². The Kier molecular flexibility index (Phi) is 3.88. The minimum absolute atomic E-state index is 0.0388. The third-order valence-electron chi connectivity index (χ3n) is 2.23. The van der Waals surface area contributed by atoms with Crippen molar-refractivity contribution in [1.29, 1.82) is 0 Å². The highest BCUT2D eigenvalue weighted by Gasteiger charge is 2.12. The molecular formula is C11H13NO4. The summed E-state index contributed by atoms with van der Waals surface area (Å²) in [4.78, 5) is 22.1. The molecule has 0 bridgehead atoms. The smallest absolute Gasteiger partial charge is 0.331 e. The standard InChI is InChI=1S/C11H13NO4/c1-7(8(2)11(14)15)10(13)12-6-9-4-3-5-16-9/h3-5H,6H2,1-2H3,(H,12,13)(H,14,15). The second-order valence-corrected chi connectivity index (χ2v) is 3.32. The van der Waals surface area contributed by atoms with E-state index in [4.69, 9.17) is 9.52 Å². The molecule has 1 aromatic rings. The Hall–Kier alpha value is -2.04. The third-order valence-corrected chi connectivity index (χ3v) is 2.23. The highest BCUT2D eigenvalue weighted by Crippen LogP contribution is 2.05. The molecule has 1 aromatic heterocycles. The van der Waals surface area contributed by atoms with Crippen molar-refractivity contribution in [3.8, 4) is 0 Å². The van der Waals surface area contributed by atoms with Crippen LogP contribution < -0.4 is 5.32 Å². The van der Waals surface area contributed by atoms with Gasteiger partial charge < -0.3 is 14.8 Å². The maximum Gasteiger partial charge on any atom is 0.331 e. The van der Waals surface area contributed by atoms with E-state index in [-0.39, 0.29) is 17.7 Å². The van der Waals surface area contributed by atoms with Crippen molar-refractivity contribution in [2.24, 2.45) is 0 Å². The van der Waals surface area contributed by atoms with Gasteiger partial charge >= 0.3 is 5.97 Å². The summed E-state index contributed by atoms with van der Waals surface area (Å²) < 4.78 is 5.02. The molecule has 1 rings (SSSR count). The Bertz CT molecular complexity index is 417. The number of hydrogen-bond acceptors (Lipinski definition) is 3. The largest absolute Gasteiger partial charge is 0.478 e. The molecule has 0 aromatic carbocycles. The lowest BCUT2D eigenvalue weighted by molar-refractivity contribution is -0.133. The van der Waals surface area contributed by atoms with Crippen LogP contribution in [0.2, 0.25) is 0 Å². The SMILES string of the molecule is CC(C(=O)O)=C(C)C(=O)NCc1ccco1. The second-order valence-electron chi connectivity index (χ2n) is 3.32. The van der Waals surface area contributed by atoms with Gasteiger partial charge in [0.2, 0.25) is 5.91 Å².